The summed E-state index contributed by atoms with van der Waals surface area (Å²) in [6.45, 7) is 1.08. The summed E-state index contributed by atoms with van der Waals surface area (Å²) >= 11 is 0. The number of aliphatic hydroxyl groups is 1. The Balaban J connectivity index is 2.20. The minimum absolute atomic E-state index is 0.158. The van der Waals surface area contributed by atoms with Crippen LogP contribution in [-0.4, -0.2) is 43.9 Å². The fourth-order valence-corrected chi connectivity index (χ4v) is 3.18. The maximum atomic E-state index is 9.97. The summed E-state index contributed by atoms with van der Waals surface area (Å²) < 4.78 is 5.32. The van der Waals surface area contributed by atoms with E-state index in [0.29, 0.717) is 11.8 Å². The molecule has 0 aliphatic heterocycles. The molecule has 0 aromatic heterocycles. The van der Waals surface area contributed by atoms with Crippen LogP contribution in [0.1, 0.15) is 30.7 Å². The van der Waals surface area contributed by atoms with E-state index < -0.39 is 0 Å². The van der Waals surface area contributed by atoms with Gasteiger partial charge < -0.3 is 14.7 Å². The number of hydrogen-bond acceptors (Lipinski definition) is 3. The van der Waals surface area contributed by atoms with Gasteiger partial charge in [-0.15, -0.1) is 0 Å². The first-order valence-corrected chi connectivity index (χ1v) is 7.07. The van der Waals surface area contributed by atoms with Gasteiger partial charge in [-0.2, -0.15) is 0 Å². The predicted octanol–water partition coefficient (Wildman–Crippen LogP) is 2.50. The lowest BCUT2D eigenvalue weighted by Crippen LogP contribution is -2.33. The second-order valence-corrected chi connectivity index (χ2v) is 5.87. The second kappa shape index (κ2) is 6.40. The van der Waals surface area contributed by atoms with Crippen molar-refractivity contribution < 1.29 is 9.84 Å². The zero-order valence-electron chi connectivity index (χ0n) is 12.2. The number of aliphatic hydroxyl groups excluding tert-OH is 1. The predicted molar refractivity (Wildman–Crippen MR) is 77.6 cm³/mol. The van der Waals surface area contributed by atoms with E-state index in [1.807, 2.05) is 12.1 Å². The van der Waals surface area contributed by atoms with Crippen LogP contribution >= 0.6 is 0 Å². The van der Waals surface area contributed by atoms with Crippen molar-refractivity contribution in [1.82, 2.24) is 4.90 Å². The summed E-state index contributed by atoms with van der Waals surface area (Å²) in [6.07, 6.45) is 2.74. The fourth-order valence-electron chi connectivity index (χ4n) is 3.18. The largest absolute Gasteiger partial charge is 0.497 e. The van der Waals surface area contributed by atoms with Crippen LogP contribution in [0.2, 0.25) is 0 Å². The van der Waals surface area contributed by atoms with Gasteiger partial charge in [-0.05, 0) is 62.9 Å². The van der Waals surface area contributed by atoms with E-state index in [1.54, 1.807) is 7.11 Å². The third-order valence-corrected chi connectivity index (χ3v) is 4.09. The molecule has 1 fully saturated rings. The quantitative estimate of drug-likeness (QED) is 0.906. The minimum atomic E-state index is -0.158. The molecule has 1 N–H and O–H groups in total. The lowest BCUT2D eigenvalue weighted by atomic mass is 9.74. The molecule has 0 spiro atoms. The van der Waals surface area contributed by atoms with Gasteiger partial charge in [-0.3, -0.25) is 0 Å². The monoisotopic (exact) mass is 263 g/mol. The first-order valence-electron chi connectivity index (χ1n) is 7.07. The SMILES string of the molecule is COc1cccc([C@@H]2C[C@@H](O)CC[C@H]2CN(C)C)c1. The average Bonchev–Trinajstić information content (AvgIpc) is 2.40. The number of methoxy groups -OCH3 is 1. The molecule has 0 bridgehead atoms. The van der Waals surface area contributed by atoms with Crippen molar-refractivity contribution in [3.05, 3.63) is 29.8 Å². The van der Waals surface area contributed by atoms with Gasteiger partial charge in [0.15, 0.2) is 0 Å². The van der Waals surface area contributed by atoms with E-state index in [-0.39, 0.29) is 6.10 Å². The summed E-state index contributed by atoms with van der Waals surface area (Å²) in [7, 11) is 5.94. The van der Waals surface area contributed by atoms with Gasteiger partial charge in [0.25, 0.3) is 0 Å². The van der Waals surface area contributed by atoms with Crippen LogP contribution in [0.25, 0.3) is 0 Å². The van der Waals surface area contributed by atoms with E-state index in [0.717, 1.165) is 31.6 Å². The van der Waals surface area contributed by atoms with Crippen molar-refractivity contribution >= 4 is 0 Å². The van der Waals surface area contributed by atoms with Crippen LogP contribution in [0.3, 0.4) is 0 Å². The molecule has 19 heavy (non-hydrogen) atoms. The van der Waals surface area contributed by atoms with Gasteiger partial charge in [0.05, 0.1) is 13.2 Å². The number of rotatable bonds is 4. The molecule has 3 nitrogen and oxygen atoms in total. The van der Waals surface area contributed by atoms with Crippen LogP contribution in [0, 0.1) is 5.92 Å². The van der Waals surface area contributed by atoms with E-state index in [4.69, 9.17) is 4.74 Å². The minimum Gasteiger partial charge on any atom is -0.497 e. The van der Waals surface area contributed by atoms with E-state index >= 15 is 0 Å². The highest BCUT2D eigenvalue weighted by Gasteiger charge is 2.31. The summed E-state index contributed by atoms with van der Waals surface area (Å²) in [6, 6.07) is 8.30. The van der Waals surface area contributed by atoms with Crippen LogP contribution in [0.4, 0.5) is 0 Å². The molecule has 1 aromatic rings. The van der Waals surface area contributed by atoms with Crippen LogP contribution < -0.4 is 4.74 Å². The third kappa shape index (κ3) is 3.71. The Kier molecular flexibility index (Phi) is 4.83. The molecule has 0 unspecified atom stereocenters. The molecular formula is C16H25NO2. The highest BCUT2D eigenvalue weighted by Crippen LogP contribution is 2.39. The average molecular weight is 263 g/mol. The van der Waals surface area contributed by atoms with Crippen LogP contribution in [0.5, 0.6) is 5.75 Å². The summed E-state index contributed by atoms with van der Waals surface area (Å²) in [5, 5.41) is 9.97. The molecular weight excluding hydrogens is 238 g/mol. The molecule has 1 aromatic carbocycles. The number of hydrogen-bond donors (Lipinski definition) is 1. The van der Waals surface area contributed by atoms with Crippen molar-refractivity contribution in [2.45, 2.75) is 31.3 Å². The lowest BCUT2D eigenvalue weighted by molar-refractivity contribution is 0.0847. The normalized spacial score (nSPS) is 27.5. The van der Waals surface area contributed by atoms with E-state index in [1.165, 1.54) is 5.56 Å². The number of ether oxygens (including phenoxy) is 1. The molecule has 1 aliphatic rings. The van der Waals surface area contributed by atoms with E-state index in [2.05, 4.69) is 31.1 Å². The molecule has 0 amide bonds. The van der Waals surface area contributed by atoms with E-state index in [9.17, 15) is 5.11 Å². The Morgan fingerprint density at radius 3 is 2.79 bits per heavy atom. The topological polar surface area (TPSA) is 32.7 Å². The Labute approximate surface area is 116 Å². The fraction of sp³-hybridized carbons (Fsp3) is 0.625. The molecule has 0 heterocycles. The first-order chi connectivity index (χ1) is 9.10. The maximum absolute atomic E-state index is 9.97. The lowest BCUT2D eigenvalue weighted by Gasteiger charge is -2.36. The summed E-state index contributed by atoms with van der Waals surface area (Å²) in [4.78, 5) is 2.25. The zero-order chi connectivity index (χ0) is 13.8. The van der Waals surface area contributed by atoms with Gasteiger partial charge in [0.1, 0.15) is 5.75 Å². The van der Waals surface area contributed by atoms with Crippen molar-refractivity contribution in [2.24, 2.45) is 5.92 Å². The van der Waals surface area contributed by atoms with Gasteiger partial charge in [0, 0.05) is 6.54 Å². The second-order valence-electron chi connectivity index (χ2n) is 5.87. The maximum Gasteiger partial charge on any atom is 0.119 e. The smallest absolute Gasteiger partial charge is 0.119 e. The van der Waals surface area contributed by atoms with Crippen molar-refractivity contribution in [2.75, 3.05) is 27.7 Å². The van der Waals surface area contributed by atoms with Crippen molar-refractivity contribution in [3.63, 3.8) is 0 Å². The molecule has 3 heteroatoms. The van der Waals surface area contributed by atoms with Gasteiger partial charge in [-0.25, -0.2) is 0 Å². The van der Waals surface area contributed by atoms with Crippen LogP contribution in [0.15, 0.2) is 24.3 Å². The Morgan fingerprint density at radius 2 is 2.11 bits per heavy atom. The molecule has 106 valence electrons. The standard InChI is InChI=1S/C16H25NO2/c1-17(2)11-13-7-8-14(18)10-16(13)12-5-4-6-15(9-12)19-3/h4-6,9,13-14,16,18H,7-8,10-11H2,1-3H3/t13-,14-,16-/m0/s1. The Bertz CT molecular complexity index is 405. The molecule has 2 rings (SSSR count). The molecule has 3 atom stereocenters. The van der Waals surface area contributed by atoms with Gasteiger partial charge >= 0.3 is 0 Å². The van der Waals surface area contributed by atoms with Crippen LogP contribution in [-0.2, 0) is 0 Å². The number of nitrogens with zero attached hydrogens (tertiary/aromatic N) is 1. The summed E-state index contributed by atoms with van der Waals surface area (Å²) in [5.41, 5.74) is 1.30. The number of benzene rings is 1. The highest BCUT2D eigenvalue weighted by atomic mass is 16.5. The molecule has 1 aliphatic carbocycles. The Hall–Kier alpha value is -1.06. The Morgan fingerprint density at radius 1 is 1.32 bits per heavy atom. The molecule has 1 saturated carbocycles. The first kappa shape index (κ1) is 14.4. The van der Waals surface area contributed by atoms with Crippen molar-refractivity contribution in [3.8, 4) is 5.75 Å². The van der Waals surface area contributed by atoms with Crippen molar-refractivity contribution in [1.29, 1.82) is 0 Å². The summed E-state index contributed by atoms with van der Waals surface area (Å²) in [5.74, 6) is 1.95. The molecule has 0 saturated heterocycles. The highest BCUT2D eigenvalue weighted by molar-refractivity contribution is 5.31. The van der Waals surface area contributed by atoms with Gasteiger partial charge in [-0.1, -0.05) is 12.1 Å². The third-order valence-electron chi connectivity index (χ3n) is 4.09. The van der Waals surface area contributed by atoms with Gasteiger partial charge in [0.2, 0.25) is 0 Å². The molecule has 0 radical (unpaired) electrons. The zero-order valence-corrected chi connectivity index (χ0v) is 12.2.